The number of ether oxygens (including phenoxy) is 3. The van der Waals surface area contributed by atoms with Gasteiger partial charge in [-0.2, -0.15) is 0 Å². The molecule has 4 heteroatoms. The largest absolute Gasteiger partial charge is 0.493 e. The maximum Gasteiger partial charge on any atom is 0.308 e. The molecule has 0 aliphatic rings. The normalized spacial score (nSPS) is 10.7. The van der Waals surface area contributed by atoms with Crippen LogP contribution in [0, 0.1) is 0 Å². The fourth-order valence-electron chi connectivity index (χ4n) is 2.03. The molecule has 0 amide bonds. The molecule has 4 nitrogen and oxygen atoms in total. The lowest BCUT2D eigenvalue weighted by atomic mass is 10.2. The van der Waals surface area contributed by atoms with E-state index in [1.54, 1.807) is 13.2 Å². The van der Waals surface area contributed by atoms with Crippen LogP contribution in [0.1, 0.15) is 18.1 Å². The summed E-state index contributed by atoms with van der Waals surface area (Å²) < 4.78 is 15.9. The predicted octanol–water partition coefficient (Wildman–Crippen LogP) is 3.85. The van der Waals surface area contributed by atoms with Gasteiger partial charge in [0.1, 0.15) is 0 Å². The second-order valence-corrected chi connectivity index (χ2v) is 4.91. The Morgan fingerprint density at radius 2 is 1.87 bits per heavy atom. The third kappa shape index (κ3) is 5.60. The summed E-state index contributed by atoms with van der Waals surface area (Å²) in [4.78, 5) is 11.0. The van der Waals surface area contributed by atoms with E-state index in [1.807, 2.05) is 54.6 Å². The molecule has 0 aliphatic heterocycles. The van der Waals surface area contributed by atoms with Crippen molar-refractivity contribution in [3.63, 3.8) is 0 Å². The first-order valence-electron chi connectivity index (χ1n) is 7.33. The third-order valence-electron chi connectivity index (χ3n) is 3.08. The Balaban J connectivity index is 1.88. The molecule has 0 saturated carbocycles. The zero-order valence-corrected chi connectivity index (χ0v) is 13.3. The molecule has 0 radical (unpaired) electrons. The molecule has 2 rings (SSSR count). The van der Waals surface area contributed by atoms with Gasteiger partial charge in [-0.1, -0.05) is 48.6 Å². The molecule has 2 aromatic carbocycles. The van der Waals surface area contributed by atoms with Crippen molar-refractivity contribution in [1.29, 1.82) is 0 Å². The fraction of sp³-hybridized carbons (Fsp3) is 0.211. The van der Waals surface area contributed by atoms with Gasteiger partial charge in [-0.15, -0.1) is 0 Å². The van der Waals surface area contributed by atoms with Crippen LogP contribution in [0.5, 0.6) is 11.5 Å². The number of carbonyl (C=O) groups excluding carboxylic acids is 1. The van der Waals surface area contributed by atoms with Crippen LogP contribution in [0.4, 0.5) is 0 Å². The molecule has 0 aliphatic carbocycles. The molecule has 0 unspecified atom stereocenters. The molecule has 120 valence electrons. The first kappa shape index (κ1) is 16.8. The average Bonchev–Trinajstić information content (AvgIpc) is 2.56. The number of esters is 1. The molecular weight excluding hydrogens is 292 g/mol. The van der Waals surface area contributed by atoms with Crippen molar-refractivity contribution < 1.29 is 19.0 Å². The molecule has 0 spiro atoms. The van der Waals surface area contributed by atoms with Crippen molar-refractivity contribution in [2.24, 2.45) is 0 Å². The van der Waals surface area contributed by atoms with Crippen LogP contribution in [0.25, 0.3) is 6.08 Å². The van der Waals surface area contributed by atoms with Gasteiger partial charge in [0.2, 0.25) is 0 Å². The summed E-state index contributed by atoms with van der Waals surface area (Å²) in [6.45, 7) is 2.46. The first-order chi connectivity index (χ1) is 11.2. The van der Waals surface area contributed by atoms with E-state index in [0.29, 0.717) is 24.7 Å². The Morgan fingerprint density at radius 1 is 1.09 bits per heavy atom. The van der Waals surface area contributed by atoms with Crippen molar-refractivity contribution in [2.45, 2.75) is 13.5 Å². The quantitative estimate of drug-likeness (QED) is 0.442. The van der Waals surface area contributed by atoms with Gasteiger partial charge >= 0.3 is 5.97 Å². The van der Waals surface area contributed by atoms with Crippen molar-refractivity contribution in [2.75, 3.05) is 13.7 Å². The van der Waals surface area contributed by atoms with E-state index in [1.165, 1.54) is 6.92 Å². The van der Waals surface area contributed by atoms with Crippen molar-refractivity contribution in [1.82, 2.24) is 0 Å². The molecule has 2 aromatic rings. The van der Waals surface area contributed by atoms with E-state index in [-0.39, 0.29) is 5.97 Å². The van der Waals surface area contributed by atoms with E-state index >= 15 is 0 Å². The molecule has 0 bridgehead atoms. The summed E-state index contributed by atoms with van der Waals surface area (Å²) in [6, 6.07) is 15.4. The second kappa shape index (κ2) is 8.76. The molecule has 0 heterocycles. The van der Waals surface area contributed by atoms with Gasteiger partial charge in [-0.3, -0.25) is 4.79 Å². The SMILES string of the molecule is COc1cc(/C=C/COCc2ccccc2)ccc1OC(C)=O. The van der Waals surface area contributed by atoms with Gasteiger partial charge in [-0.05, 0) is 23.3 Å². The van der Waals surface area contributed by atoms with E-state index in [4.69, 9.17) is 14.2 Å². The van der Waals surface area contributed by atoms with E-state index < -0.39 is 0 Å². The third-order valence-corrected chi connectivity index (χ3v) is 3.08. The number of carbonyl (C=O) groups is 1. The highest BCUT2D eigenvalue weighted by atomic mass is 16.6. The van der Waals surface area contributed by atoms with Crippen LogP contribution < -0.4 is 9.47 Å². The van der Waals surface area contributed by atoms with Gasteiger partial charge in [-0.25, -0.2) is 0 Å². The zero-order chi connectivity index (χ0) is 16.5. The maximum atomic E-state index is 11.0. The molecule has 0 saturated heterocycles. The van der Waals surface area contributed by atoms with Crippen LogP contribution in [0.3, 0.4) is 0 Å². The number of hydrogen-bond acceptors (Lipinski definition) is 4. The van der Waals surface area contributed by atoms with Crippen molar-refractivity contribution in [3.05, 3.63) is 65.7 Å². The molecule has 23 heavy (non-hydrogen) atoms. The fourth-order valence-corrected chi connectivity index (χ4v) is 2.03. The molecule has 0 fully saturated rings. The number of hydrogen-bond donors (Lipinski definition) is 0. The smallest absolute Gasteiger partial charge is 0.308 e. The zero-order valence-electron chi connectivity index (χ0n) is 13.3. The van der Waals surface area contributed by atoms with E-state index in [9.17, 15) is 4.79 Å². The first-order valence-corrected chi connectivity index (χ1v) is 7.33. The summed E-state index contributed by atoms with van der Waals surface area (Å²) in [7, 11) is 1.54. The van der Waals surface area contributed by atoms with Gasteiger partial charge < -0.3 is 14.2 Å². The monoisotopic (exact) mass is 312 g/mol. The predicted molar refractivity (Wildman–Crippen MR) is 89.4 cm³/mol. The second-order valence-electron chi connectivity index (χ2n) is 4.91. The Bertz CT molecular complexity index is 662. The van der Waals surface area contributed by atoms with Gasteiger partial charge in [0.25, 0.3) is 0 Å². The van der Waals surface area contributed by atoms with Gasteiger partial charge in [0.15, 0.2) is 11.5 Å². The molecular formula is C19H20O4. The van der Waals surface area contributed by atoms with Crippen LogP contribution in [-0.4, -0.2) is 19.7 Å². The lowest BCUT2D eigenvalue weighted by Gasteiger charge is -2.08. The standard InChI is InChI=1S/C19H20O4/c1-15(20)23-18-11-10-16(13-19(18)21-2)9-6-12-22-14-17-7-4-3-5-8-17/h3-11,13H,12,14H2,1-2H3/b9-6+. The summed E-state index contributed by atoms with van der Waals surface area (Å²) in [5.41, 5.74) is 2.09. The van der Waals surface area contributed by atoms with E-state index in [2.05, 4.69) is 0 Å². The van der Waals surface area contributed by atoms with E-state index in [0.717, 1.165) is 11.1 Å². The van der Waals surface area contributed by atoms with Crippen molar-refractivity contribution in [3.8, 4) is 11.5 Å². The summed E-state index contributed by atoms with van der Waals surface area (Å²) in [5, 5.41) is 0. The minimum atomic E-state index is -0.374. The van der Waals surface area contributed by atoms with Gasteiger partial charge in [0, 0.05) is 6.92 Å². The molecule has 0 aromatic heterocycles. The van der Waals surface area contributed by atoms with Gasteiger partial charge in [0.05, 0.1) is 20.3 Å². The van der Waals surface area contributed by atoms with Crippen LogP contribution in [-0.2, 0) is 16.1 Å². The molecule has 0 atom stereocenters. The highest BCUT2D eigenvalue weighted by Gasteiger charge is 2.06. The number of rotatable bonds is 7. The highest BCUT2D eigenvalue weighted by Crippen LogP contribution is 2.28. The van der Waals surface area contributed by atoms with Crippen LogP contribution in [0.2, 0.25) is 0 Å². The van der Waals surface area contributed by atoms with Crippen LogP contribution >= 0.6 is 0 Å². The summed E-state index contributed by atoms with van der Waals surface area (Å²) in [5.74, 6) is 0.561. The summed E-state index contributed by atoms with van der Waals surface area (Å²) in [6.07, 6.45) is 3.87. The minimum absolute atomic E-state index is 0.374. The average molecular weight is 312 g/mol. The number of benzene rings is 2. The van der Waals surface area contributed by atoms with Crippen LogP contribution in [0.15, 0.2) is 54.6 Å². The Morgan fingerprint density at radius 3 is 2.57 bits per heavy atom. The summed E-state index contributed by atoms with van der Waals surface area (Å²) >= 11 is 0. The molecule has 0 N–H and O–H groups in total. The lowest BCUT2D eigenvalue weighted by molar-refractivity contribution is -0.132. The highest BCUT2D eigenvalue weighted by molar-refractivity contribution is 5.71. The lowest BCUT2D eigenvalue weighted by Crippen LogP contribution is -2.03. The van der Waals surface area contributed by atoms with Crippen molar-refractivity contribution >= 4 is 12.0 Å². The number of methoxy groups -OCH3 is 1. The Labute approximate surface area is 136 Å². The topological polar surface area (TPSA) is 44.8 Å². The Kier molecular flexibility index (Phi) is 6.39. The minimum Gasteiger partial charge on any atom is -0.493 e. The maximum absolute atomic E-state index is 11.0. The Hall–Kier alpha value is -2.59.